The molecule has 9 nitrogen and oxygen atoms in total. The van der Waals surface area contributed by atoms with Gasteiger partial charge < -0.3 is 4.52 Å². The third kappa shape index (κ3) is 3.92. The first kappa shape index (κ1) is 20.4. The zero-order valence-electron chi connectivity index (χ0n) is 16.9. The maximum atomic E-state index is 13.0. The molecule has 0 saturated carbocycles. The molecule has 1 fully saturated rings. The maximum absolute atomic E-state index is 13.0. The first-order valence-electron chi connectivity index (χ1n) is 9.78. The summed E-state index contributed by atoms with van der Waals surface area (Å²) in [5.41, 5.74) is 1.80. The van der Waals surface area contributed by atoms with Gasteiger partial charge in [-0.05, 0) is 50.8 Å². The van der Waals surface area contributed by atoms with Crippen LogP contribution in [0.1, 0.15) is 24.3 Å². The van der Waals surface area contributed by atoms with E-state index < -0.39 is 10.0 Å². The number of hydrogen-bond acceptors (Lipinski definition) is 7. The summed E-state index contributed by atoms with van der Waals surface area (Å²) in [5.74, 6) is 0.470. The highest BCUT2D eigenvalue weighted by molar-refractivity contribution is 7.89. The third-order valence-corrected chi connectivity index (χ3v) is 7.56. The van der Waals surface area contributed by atoms with E-state index in [0.29, 0.717) is 49.6 Å². The summed E-state index contributed by atoms with van der Waals surface area (Å²) in [6, 6.07) is 6.90. The van der Waals surface area contributed by atoms with Crippen LogP contribution in [0.4, 0.5) is 0 Å². The average molecular weight is 430 g/mol. The Morgan fingerprint density at radius 2 is 1.80 bits per heavy atom. The number of hydrogen-bond donors (Lipinski definition) is 0. The van der Waals surface area contributed by atoms with Crippen molar-refractivity contribution in [1.29, 1.82) is 0 Å². The lowest BCUT2D eigenvalue weighted by Gasteiger charge is -2.31. The fourth-order valence-electron chi connectivity index (χ4n) is 3.81. The molecule has 1 aliphatic rings. The Morgan fingerprint density at radius 3 is 2.43 bits per heavy atom. The number of aryl methyl sites for hydroxylation is 2. The van der Waals surface area contributed by atoms with E-state index in [1.54, 1.807) is 32.3 Å². The molecule has 4 rings (SSSR count). The molecule has 1 saturated heterocycles. The second kappa shape index (κ2) is 8.11. The third-order valence-electron chi connectivity index (χ3n) is 5.41. The Balaban J connectivity index is 1.46. The van der Waals surface area contributed by atoms with E-state index in [1.165, 1.54) is 15.1 Å². The van der Waals surface area contributed by atoms with E-state index in [1.807, 2.05) is 12.1 Å². The van der Waals surface area contributed by atoms with Gasteiger partial charge in [-0.2, -0.15) is 9.40 Å². The summed E-state index contributed by atoms with van der Waals surface area (Å²) in [6.07, 6.45) is 4.66. The number of sulfonamides is 1. The minimum Gasteiger partial charge on any atom is -0.360 e. The van der Waals surface area contributed by atoms with Crippen molar-refractivity contribution in [3.05, 3.63) is 58.5 Å². The average Bonchev–Trinajstić information content (AvgIpc) is 3.09. The van der Waals surface area contributed by atoms with Gasteiger partial charge in [0, 0.05) is 43.7 Å². The van der Waals surface area contributed by atoms with E-state index in [0.717, 1.165) is 5.56 Å². The van der Waals surface area contributed by atoms with E-state index in [-0.39, 0.29) is 16.4 Å². The van der Waals surface area contributed by atoms with Crippen molar-refractivity contribution >= 4 is 10.0 Å². The molecule has 0 aliphatic carbocycles. The molecule has 0 spiro atoms. The van der Waals surface area contributed by atoms with Crippen molar-refractivity contribution < 1.29 is 12.9 Å². The molecule has 0 N–H and O–H groups in total. The first-order chi connectivity index (χ1) is 14.4. The second-order valence-corrected chi connectivity index (χ2v) is 9.35. The van der Waals surface area contributed by atoms with Gasteiger partial charge in [-0.1, -0.05) is 5.16 Å². The molecule has 0 atom stereocenters. The van der Waals surface area contributed by atoms with Crippen molar-refractivity contribution in [1.82, 2.24) is 24.2 Å². The van der Waals surface area contributed by atoms with Crippen LogP contribution in [0.2, 0.25) is 0 Å². The summed E-state index contributed by atoms with van der Waals surface area (Å²) < 4.78 is 33.9. The van der Waals surface area contributed by atoms with Gasteiger partial charge in [-0.3, -0.25) is 9.78 Å². The predicted octanol–water partition coefficient (Wildman–Crippen LogP) is 2.01. The zero-order valence-corrected chi connectivity index (χ0v) is 17.7. The maximum Gasteiger partial charge on any atom is 0.266 e. The van der Waals surface area contributed by atoms with Crippen molar-refractivity contribution in [2.24, 2.45) is 5.92 Å². The monoisotopic (exact) mass is 429 g/mol. The molecule has 0 radical (unpaired) electrons. The fourth-order valence-corrected chi connectivity index (χ4v) is 5.57. The van der Waals surface area contributed by atoms with Gasteiger partial charge in [0.05, 0.1) is 5.69 Å². The molecule has 0 unspecified atom stereocenters. The van der Waals surface area contributed by atoms with Crippen LogP contribution in [0.5, 0.6) is 0 Å². The molecule has 3 aromatic heterocycles. The molecule has 4 heterocycles. The Hall–Kier alpha value is -2.85. The van der Waals surface area contributed by atoms with Crippen LogP contribution in [-0.2, 0) is 16.6 Å². The Labute approximate surface area is 174 Å². The molecule has 0 aromatic carbocycles. The highest BCUT2D eigenvalue weighted by atomic mass is 32.2. The summed E-state index contributed by atoms with van der Waals surface area (Å²) in [4.78, 5) is 16.5. The summed E-state index contributed by atoms with van der Waals surface area (Å²) in [5, 5.41) is 8.25. The van der Waals surface area contributed by atoms with Crippen LogP contribution in [-0.4, -0.2) is 45.7 Å². The molecular weight excluding hydrogens is 406 g/mol. The van der Waals surface area contributed by atoms with E-state index in [2.05, 4.69) is 15.2 Å². The van der Waals surface area contributed by atoms with Crippen molar-refractivity contribution in [2.75, 3.05) is 13.1 Å². The fraction of sp³-hybridized carbons (Fsp3) is 0.400. The van der Waals surface area contributed by atoms with Gasteiger partial charge in [0.15, 0.2) is 5.76 Å². The van der Waals surface area contributed by atoms with Gasteiger partial charge in [-0.25, -0.2) is 13.1 Å². The molecular formula is C20H23N5O4S. The minimum absolute atomic E-state index is 0.156. The lowest BCUT2D eigenvalue weighted by atomic mass is 9.98. The summed E-state index contributed by atoms with van der Waals surface area (Å²) >= 11 is 0. The van der Waals surface area contributed by atoms with Gasteiger partial charge in [-0.15, -0.1) is 0 Å². The van der Waals surface area contributed by atoms with Crippen molar-refractivity contribution in [3.63, 3.8) is 0 Å². The number of piperidine rings is 1. The van der Waals surface area contributed by atoms with Crippen LogP contribution in [0.15, 0.2) is 50.9 Å². The number of pyridine rings is 1. The van der Waals surface area contributed by atoms with Crippen LogP contribution in [0.25, 0.3) is 11.3 Å². The van der Waals surface area contributed by atoms with Crippen LogP contribution in [0, 0.1) is 19.8 Å². The number of aromatic nitrogens is 4. The molecule has 158 valence electrons. The van der Waals surface area contributed by atoms with Gasteiger partial charge in [0.25, 0.3) is 5.56 Å². The Bertz CT molecular complexity index is 1180. The molecule has 3 aromatic rings. The predicted molar refractivity (Wildman–Crippen MR) is 109 cm³/mol. The number of rotatable bonds is 5. The summed E-state index contributed by atoms with van der Waals surface area (Å²) in [6.45, 7) is 4.46. The smallest absolute Gasteiger partial charge is 0.266 e. The normalized spacial score (nSPS) is 16.1. The number of nitrogens with zero attached hydrogens (tertiary/aromatic N) is 5. The van der Waals surface area contributed by atoms with Crippen LogP contribution < -0.4 is 5.56 Å². The van der Waals surface area contributed by atoms with Crippen LogP contribution >= 0.6 is 0 Å². The lowest BCUT2D eigenvalue weighted by molar-refractivity contribution is 0.244. The molecule has 30 heavy (non-hydrogen) atoms. The van der Waals surface area contributed by atoms with E-state index >= 15 is 0 Å². The molecule has 1 aliphatic heterocycles. The van der Waals surface area contributed by atoms with Gasteiger partial charge in [0.1, 0.15) is 10.6 Å². The molecule has 10 heteroatoms. The highest BCUT2D eigenvalue weighted by Crippen LogP contribution is 2.28. The molecule has 0 bridgehead atoms. The topological polar surface area (TPSA) is 111 Å². The zero-order chi connectivity index (χ0) is 21.3. The van der Waals surface area contributed by atoms with Gasteiger partial charge >= 0.3 is 0 Å². The Morgan fingerprint density at radius 1 is 1.10 bits per heavy atom. The molecule has 0 amide bonds. The van der Waals surface area contributed by atoms with Crippen molar-refractivity contribution in [3.8, 4) is 11.3 Å². The standard InChI is InChI=1S/C20H23N5O4S/c1-14-20(15(2)29-23-14)30(27,28)24-11-7-16(8-12-24)13-25-19(26)4-3-18(22-25)17-5-9-21-10-6-17/h3-6,9-10,16H,7-8,11-13H2,1-2H3. The quantitative estimate of drug-likeness (QED) is 0.610. The first-order valence-corrected chi connectivity index (χ1v) is 11.2. The van der Waals surface area contributed by atoms with Gasteiger partial charge in [0.2, 0.25) is 10.0 Å². The van der Waals surface area contributed by atoms with E-state index in [9.17, 15) is 13.2 Å². The van der Waals surface area contributed by atoms with Crippen molar-refractivity contribution in [2.45, 2.75) is 38.1 Å². The minimum atomic E-state index is -3.64. The lowest BCUT2D eigenvalue weighted by Crippen LogP contribution is -2.40. The summed E-state index contributed by atoms with van der Waals surface area (Å²) in [7, 11) is -3.64. The highest BCUT2D eigenvalue weighted by Gasteiger charge is 2.34. The largest absolute Gasteiger partial charge is 0.360 e. The second-order valence-electron chi connectivity index (χ2n) is 7.48. The Kier molecular flexibility index (Phi) is 5.52. The van der Waals surface area contributed by atoms with Crippen LogP contribution in [0.3, 0.4) is 0 Å². The van der Waals surface area contributed by atoms with E-state index in [4.69, 9.17) is 4.52 Å². The SMILES string of the molecule is Cc1noc(C)c1S(=O)(=O)N1CCC(Cn2nc(-c3ccncc3)ccc2=O)CC1.